The Morgan fingerprint density at radius 1 is 1.27 bits per heavy atom. The van der Waals surface area contributed by atoms with Gasteiger partial charge < -0.3 is 19.6 Å². The van der Waals surface area contributed by atoms with Gasteiger partial charge in [0, 0.05) is 38.7 Å². The molecule has 2 saturated heterocycles. The number of nitrogens with one attached hydrogen (secondary N) is 1. The van der Waals surface area contributed by atoms with Gasteiger partial charge in [0.2, 0.25) is 11.8 Å². The average Bonchev–Trinajstić information content (AvgIpc) is 3.14. The van der Waals surface area contributed by atoms with Gasteiger partial charge in [-0.3, -0.25) is 14.4 Å². The number of carbonyl (C=O) groups is 3. The predicted molar refractivity (Wildman–Crippen MR) is 74.9 cm³/mol. The molecule has 1 aromatic heterocycles. The molecule has 3 heterocycles. The van der Waals surface area contributed by atoms with Crippen molar-refractivity contribution in [2.45, 2.75) is 25.8 Å². The van der Waals surface area contributed by atoms with Gasteiger partial charge in [0.05, 0.1) is 0 Å². The van der Waals surface area contributed by atoms with Crippen LogP contribution in [-0.4, -0.2) is 64.9 Å². The van der Waals surface area contributed by atoms with E-state index >= 15 is 0 Å². The van der Waals surface area contributed by atoms with E-state index in [0.29, 0.717) is 50.5 Å². The van der Waals surface area contributed by atoms with E-state index in [1.807, 2.05) is 0 Å². The summed E-state index contributed by atoms with van der Waals surface area (Å²) in [6.45, 7) is 3.58. The van der Waals surface area contributed by atoms with E-state index < -0.39 is 6.04 Å². The summed E-state index contributed by atoms with van der Waals surface area (Å²) in [5.74, 6) is 0.274. The van der Waals surface area contributed by atoms with Gasteiger partial charge >= 0.3 is 0 Å². The van der Waals surface area contributed by atoms with Crippen LogP contribution in [0.1, 0.15) is 29.1 Å². The molecule has 0 aliphatic carbocycles. The Morgan fingerprint density at radius 2 is 1.95 bits per heavy atom. The van der Waals surface area contributed by atoms with Crippen LogP contribution in [0.3, 0.4) is 0 Å². The Balaban J connectivity index is 1.55. The third kappa shape index (κ3) is 2.81. The molecule has 118 valence electrons. The molecule has 2 aliphatic rings. The monoisotopic (exact) mass is 306 g/mol. The minimum Gasteiger partial charge on any atom is -0.361 e. The lowest BCUT2D eigenvalue weighted by Crippen LogP contribution is -2.54. The summed E-state index contributed by atoms with van der Waals surface area (Å²) >= 11 is 0. The van der Waals surface area contributed by atoms with Crippen LogP contribution in [0, 0.1) is 6.92 Å². The van der Waals surface area contributed by atoms with Crippen molar-refractivity contribution in [1.82, 2.24) is 20.3 Å². The van der Waals surface area contributed by atoms with E-state index in [2.05, 4.69) is 10.5 Å². The first-order valence-corrected chi connectivity index (χ1v) is 7.35. The predicted octanol–water partition coefficient (Wildman–Crippen LogP) is -0.454. The van der Waals surface area contributed by atoms with E-state index in [4.69, 9.17) is 4.52 Å². The Bertz CT molecular complexity index is 604. The second kappa shape index (κ2) is 5.78. The van der Waals surface area contributed by atoms with Gasteiger partial charge in [0.1, 0.15) is 11.8 Å². The summed E-state index contributed by atoms with van der Waals surface area (Å²) in [5, 5.41) is 6.40. The molecule has 3 rings (SSSR count). The highest BCUT2D eigenvalue weighted by Gasteiger charge is 2.33. The van der Waals surface area contributed by atoms with Crippen LogP contribution < -0.4 is 5.32 Å². The Morgan fingerprint density at radius 3 is 2.50 bits per heavy atom. The van der Waals surface area contributed by atoms with Gasteiger partial charge in [-0.15, -0.1) is 0 Å². The van der Waals surface area contributed by atoms with Gasteiger partial charge in [0.15, 0.2) is 5.69 Å². The average molecular weight is 306 g/mol. The number of nitrogens with zero attached hydrogens (tertiary/aromatic N) is 3. The molecule has 0 aromatic carbocycles. The van der Waals surface area contributed by atoms with E-state index in [0.717, 1.165) is 0 Å². The molecule has 2 fully saturated rings. The van der Waals surface area contributed by atoms with Crippen molar-refractivity contribution < 1.29 is 18.9 Å². The Hall–Kier alpha value is -2.38. The lowest BCUT2D eigenvalue weighted by Gasteiger charge is -2.35. The third-order valence-corrected chi connectivity index (χ3v) is 4.02. The van der Waals surface area contributed by atoms with Crippen LogP contribution in [0.2, 0.25) is 0 Å². The fraction of sp³-hybridized carbons (Fsp3) is 0.571. The Labute approximate surface area is 127 Å². The molecule has 0 radical (unpaired) electrons. The molecule has 8 nitrogen and oxygen atoms in total. The molecule has 2 aliphatic heterocycles. The lowest BCUT2D eigenvalue weighted by molar-refractivity contribution is -0.135. The number of hydrogen-bond donors (Lipinski definition) is 1. The van der Waals surface area contributed by atoms with Crippen LogP contribution in [0.4, 0.5) is 0 Å². The van der Waals surface area contributed by atoms with Crippen molar-refractivity contribution in [1.29, 1.82) is 0 Å². The summed E-state index contributed by atoms with van der Waals surface area (Å²) in [6, 6.07) is 1.20. The molecule has 22 heavy (non-hydrogen) atoms. The van der Waals surface area contributed by atoms with E-state index in [1.165, 1.54) is 0 Å². The number of rotatable bonds is 2. The topological polar surface area (TPSA) is 95.8 Å². The first kappa shape index (κ1) is 14.6. The SMILES string of the molecule is Cc1cc(C(=O)N2CCN(C(=O)C3CCC(=O)N3)CC2)no1. The molecule has 1 N–H and O–H groups in total. The first-order chi connectivity index (χ1) is 10.5. The highest BCUT2D eigenvalue weighted by Crippen LogP contribution is 2.13. The molecule has 3 amide bonds. The summed E-state index contributed by atoms with van der Waals surface area (Å²) in [4.78, 5) is 39.1. The summed E-state index contributed by atoms with van der Waals surface area (Å²) in [6.07, 6.45) is 0.954. The van der Waals surface area contributed by atoms with Crippen LogP contribution in [0.25, 0.3) is 0 Å². The van der Waals surface area contributed by atoms with Gasteiger partial charge in [-0.1, -0.05) is 5.16 Å². The minimum atomic E-state index is -0.409. The number of aryl methyl sites for hydroxylation is 1. The van der Waals surface area contributed by atoms with Crippen molar-refractivity contribution in [3.63, 3.8) is 0 Å². The van der Waals surface area contributed by atoms with Crippen LogP contribution in [-0.2, 0) is 9.59 Å². The third-order valence-electron chi connectivity index (χ3n) is 4.02. The molecular weight excluding hydrogens is 288 g/mol. The second-order valence-corrected chi connectivity index (χ2v) is 5.60. The largest absolute Gasteiger partial charge is 0.361 e. The number of amides is 3. The van der Waals surface area contributed by atoms with Crippen molar-refractivity contribution in [2.75, 3.05) is 26.2 Å². The van der Waals surface area contributed by atoms with Crippen LogP contribution in [0.15, 0.2) is 10.6 Å². The normalized spacial score (nSPS) is 21.9. The lowest BCUT2D eigenvalue weighted by atomic mass is 10.2. The first-order valence-electron chi connectivity index (χ1n) is 7.35. The minimum absolute atomic E-state index is 0.0600. The molecule has 0 bridgehead atoms. The summed E-state index contributed by atoms with van der Waals surface area (Å²) < 4.78 is 4.91. The zero-order valence-corrected chi connectivity index (χ0v) is 12.4. The number of carbonyl (C=O) groups excluding carboxylic acids is 3. The second-order valence-electron chi connectivity index (χ2n) is 5.60. The van der Waals surface area contributed by atoms with E-state index in [1.54, 1.807) is 22.8 Å². The summed E-state index contributed by atoms with van der Waals surface area (Å²) in [5.41, 5.74) is 0.292. The van der Waals surface area contributed by atoms with Crippen molar-refractivity contribution in [3.05, 3.63) is 17.5 Å². The van der Waals surface area contributed by atoms with Gasteiger partial charge in [-0.25, -0.2) is 0 Å². The molecule has 1 atom stereocenters. The molecule has 0 saturated carbocycles. The number of aromatic nitrogens is 1. The fourth-order valence-corrected chi connectivity index (χ4v) is 2.78. The molecule has 1 unspecified atom stereocenters. The maximum Gasteiger partial charge on any atom is 0.276 e. The maximum atomic E-state index is 12.3. The number of piperazine rings is 1. The highest BCUT2D eigenvalue weighted by atomic mass is 16.5. The van der Waals surface area contributed by atoms with E-state index in [9.17, 15) is 14.4 Å². The zero-order chi connectivity index (χ0) is 15.7. The molecule has 0 spiro atoms. The highest BCUT2D eigenvalue weighted by molar-refractivity contribution is 5.93. The maximum absolute atomic E-state index is 12.3. The zero-order valence-electron chi connectivity index (χ0n) is 12.4. The molecule has 1 aromatic rings. The van der Waals surface area contributed by atoms with E-state index in [-0.39, 0.29) is 17.7 Å². The smallest absolute Gasteiger partial charge is 0.276 e. The fourth-order valence-electron chi connectivity index (χ4n) is 2.78. The Kier molecular flexibility index (Phi) is 3.82. The van der Waals surface area contributed by atoms with Crippen molar-refractivity contribution in [3.8, 4) is 0 Å². The van der Waals surface area contributed by atoms with Crippen molar-refractivity contribution in [2.24, 2.45) is 0 Å². The van der Waals surface area contributed by atoms with Gasteiger partial charge in [-0.05, 0) is 13.3 Å². The quantitative estimate of drug-likeness (QED) is 0.798. The summed E-state index contributed by atoms with van der Waals surface area (Å²) in [7, 11) is 0. The molecule has 8 heteroatoms. The van der Waals surface area contributed by atoms with Crippen LogP contribution in [0.5, 0.6) is 0 Å². The van der Waals surface area contributed by atoms with Crippen molar-refractivity contribution >= 4 is 17.7 Å². The molecular formula is C14H18N4O4. The standard InChI is InChI=1S/C14H18N4O4/c1-9-8-11(16-22-9)14(21)18-6-4-17(5-7-18)13(20)10-2-3-12(19)15-10/h8,10H,2-7H2,1H3,(H,15,19). The van der Waals surface area contributed by atoms with Gasteiger partial charge in [-0.2, -0.15) is 0 Å². The van der Waals surface area contributed by atoms with Gasteiger partial charge in [0.25, 0.3) is 5.91 Å². The van der Waals surface area contributed by atoms with Crippen LogP contribution >= 0.6 is 0 Å². The number of hydrogen-bond acceptors (Lipinski definition) is 5.